The van der Waals surface area contributed by atoms with Crippen LogP contribution in [-0.2, 0) is 0 Å². The monoisotopic (exact) mass is 343 g/mol. The zero-order valence-electron chi connectivity index (χ0n) is 14.4. The zero-order valence-corrected chi connectivity index (χ0v) is 14.4. The molecule has 3 rings (SSSR count). The Morgan fingerprint density at radius 1 is 1.00 bits per heavy atom. The number of amides is 1. The molecule has 0 radical (unpaired) electrons. The van der Waals surface area contributed by atoms with Crippen molar-refractivity contribution in [1.82, 2.24) is 10.2 Å². The lowest BCUT2D eigenvalue weighted by atomic mass is 10.1. The summed E-state index contributed by atoms with van der Waals surface area (Å²) in [7, 11) is 0. The lowest BCUT2D eigenvalue weighted by Gasteiger charge is -2.09. The molecule has 2 aromatic carbocycles. The average molecular weight is 343 g/mol. The van der Waals surface area contributed by atoms with E-state index in [-0.39, 0.29) is 11.6 Å². The maximum Gasteiger partial charge on any atom is 0.276 e. The van der Waals surface area contributed by atoms with Crippen LogP contribution >= 0.6 is 0 Å². The number of nitriles is 1. The number of anilines is 3. The highest BCUT2D eigenvalue weighted by Crippen LogP contribution is 2.19. The normalized spacial score (nSPS) is 10.0. The van der Waals surface area contributed by atoms with E-state index in [1.807, 2.05) is 38.1 Å². The predicted molar refractivity (Wildman–Crippen MR) is 100 cm³/mol. The molecule has 0 aliphatic rings. The lowest BCUT2D eigenvalue weighted by molar-refractivity contribution is 0.102. The summed E-state index contributed by atoms with van der Waals surface area (Å²) in [5.41, 5.74) is 4.21. The molecule has 2 N–H and O–H groups in total. The Balaban J connectivity index is 1.73. The smallest absolute Gasteiger partial charge is 0.276 e. The van der Waals surface area contributed by atoms with Gasteiger partial charge in [0, 0.05) is 5.69 Å². The summed E-state index contributed by atoms with van der Waals surface area (Å²) in [5, 5.41) is 23.0. The molecule has 0 unspecified atom stereocenters. The van der Waals surface area contributed by atoms with Gasteiger partial charge in [-0.25, -0.2) is 0 Å². The molecule has 1 amide bonds. The summed E-state index contributed by atoms with van der Waals surface area (Å²) in [4.78, 5) is 12.3. The first-order valence-corrected chi connectivity index (χ1v) is 8.05. The van der Waals surface area contributed by atoms with Crippen LogP contribution in [0.1, 0.15) is 27.2 Å². The minimum atomic E-state index is -0.326. The molecule has 0 aliphatic carbocycles. The third kappa shape index (κ3) is 3.84. The highest BCUT2D eigenvalue weighted by molar-refractivity contribution is 6.03. The Morgan fingerprint density at radius 2 is 1.81 bits per heavy atom. The van der Waals surface area contributed by atoms with Crippen LogP contribution in [0, 0.1) is 25.2 Å². The van der Waals surface area contributed by atoms with Gasteiger partial charge in [-0.15, -0.1) is 10.2 Å². The van der Waals surface area contributed by atoms with Crippen molar-refractivity contribution in [3.05, 3.63) is 77.0 Å². The topological polar surface area (TPSA) is 90.7 Å². The Kier molecular flexibility index (Phi) is 4.90. The van der Waals surface area contributed by atoms with Gasteiger partial charge in [-0.3, -0.25) is 4.79 Å². The van der Waals surface area contributed by atoms with Gasteiger partial charge in [-0.05, 0) is 49.7 Å². The minimum absolute atomic E-state index is 0.212. The Morgan fingerprint density at radius 3 is 2.50 bits per heavy atom. The number of aromatic nitrogens is 2. The van der Waals surface area contributed by atoms with Crippen LogP contribution in [0.2, 0.25) is 0 Å². The fourth-order valence-electron chi connectivity index (χ4n) is 2.49. The van der Waals surface area contributed by atoms with E-state index < -0.39 is 0 Å². The van der Waals surface area contributed by atoms with Crippen LogP contribution in [0.5, 0.6) is 0 Å². The van der Waals surface area contributed by atoms with E-state index in [1.54, 1.807) is 30.3 Å². The molecule has 0 fully saturated rings. The van der Waals surface area contributed by atoms with E-state index >= 15 is 0 Å². The summed E-state index contributed by atoms with van der Waals surface area (Å²) in [6, 6.07) is 18.2. The maximum atomic E-state index is 12.3. The van der Waals surface area contributed by atoms with Gasteiger partial charge in [-0.2, -0.15) is 5.26 Å². The summed E-state index contributed by atoms with van der Waals surface area (Å²) >= 11 is 0. The third-order valence-corrected chi connectivity index (χ3v) is 3.84. The van der Waals surface area contributed by atoms with Gasteiger partial charge >= 0.3 is 0 Å². The lowest BCUT2D eigenvalue weighted by Crippen LogP contribution is -2.15. The molecule has 0 spiro atoms. The van der Waals surface area contributed by atoms with E-state index in [4.69, 9.17) is 5.26 Å². The standard InChI is InChI=1S/C20H17N5O/c1-13-7-8-16(14(2)11-13)23-20(26)18-9-10-19(25-24-18)22-17-6-4-3-5-15(17)12-21/h3-11H,1-2H3,(H,22,25)(H,23,26). The second kappa shape index (κ2) is 7.45. The molecule has 6 heteroatoms. The van der Waals surface area contributed by atoms with Gasteiger partial charge in [-0.1, -0.05) is 29.8 Å². The van der Waals surface area contributed by atoms with Crippen LogP contribution in [0.15, 0.2) is 54.6 Å². The van der Waals surface area contributed by atoms with Crippen molar-refractivity contribution in [2.24, 2.45) is 0 Å². The predicted octanol–water partition coefficient (Wildman–Crippen LogP) is 3.96. The van der Waals surface area contributed by atoms with E-state index in [0.29, 0.717) is 17.1 Å². The molecular weight excluding hydrogens is 326 g/mol. The molecule has 26 heavy (non-hydrogen) atoms. The number of hydrogen-bond donors (Lipinski definition) is 2. The van der Waals surface area contributed by atoms with Gasteiger partial charge in [0.2, 0.25) is 0 Å². The summed E-state index contributed by atoms with van der Waals surface area (Å²) < 4.78 is 0. The quantitative estimate of drug-likeness (QED) is 0.748. The first-order chi connectivity index (χ1) is 12.6. The molecule has 0 saturated carbocycles. The summed E-state index contributed by atoms with van der Waals surface area (Å²) in [5.74, 6) is 0.129. The van der Waals surface area contributed by atoms with E-state index in [1.165, 1.54) is 0 Å². The number of hydrogen-bond acceptors (Lipinski definition) is 5. The van der Waals surface area contributed by atoms with Crippen molar-refractivity contribution in [2.75, 3.05) is 10.6 Å². The molecule has 1 aromatic heterocycles. The van der Waals surface area contributed by atoms with Crippen molar-refractivity contribution in [2.45, 2.75) is 13.8 Å². The van der Waals surface area contributed by atoms with Crippen LogP contribution < -0.4 is 10.6 Å². The molecule has 128 valence electrons. The van der Waals surface area contributed by atoms with Gasteiger partial charge in [0.1, 0.15) is 6.07 Å². The highest BCUT2D eigenvalue weighted by Gasteiger charge is 2.11. The molecule has 6 nitrogen and oxygen atoms in total. The molecule has 0 saturated heterocycles. The van der Waals surface area contributed by atoms with Crippen molar-refractivity contribution in [3.63, 3.8) is 0 Å². The first-order valence-electron chi connectivity index (χ1n) is 8.05. The molecule has 0 aliphatic heterocycles. The number of carbonyl (C=O) groups excluding carboxylic acids is 1. The highest BCUT2D eigenvalue weighted by atomic mass is 16.1. The largest absolute Gasteiger partial charge is 0.338 e. The average Bonchev–Trinajstić information content (AvgIpc) is 2.65. The molecule has 1 heterocycles. The van der Waals surface area contributed by atoms with E-state index in [0.717, 1.165) is 16.8 Å². The van der Waals surface area contributed by atoms with E-state index in [2.05, 4.69) is 26.9 Å². The molecule has 3 aromatic rings. The third-order valence-electron chi connectivity index (χ3n) is 3.84. The van der Waals surface area contributed by atoms with Crippen LogP contribution in [0.25, 0.3) is 0 Å². The number of benzene rings is 2. The molecule has 0 atom stereocenters. The maximum absolute atomic E-state index is 12.3. The van der Waals surface area contributed by atoms with Crippen molar-refractivity contribution in [3.8, 4) is 6.07 Å². The van der Waals surface area contributed by atoms with Crippen molar-refractivity contribution < 1.29 is 4.79 Å². The van der Waals surface area contributed by atoms with Gasteiger partial charge in [0.15, 0.2) is 11.5 Å². The van der Waals surface area contributed by atoms with Gasteiger partial charge in [0.25, 0.3) is 5.91 Å². The molecular formula is C20H17N5O. The van der Waals surface area contributed by atoms with Crippen LogP contribution in [-0.4, -0.2) is 16.1 Å². The fraction of sp³-hybridized carbons (Fsp3) is 0.100. The Hall–Kier alpha value is -3.72. The van der Waals surface area contributed by atoms with Crippen LogP contribution in [0.3, 0.4) is 0 Å². The zero-order chi connectivity index (χ0) is 18.5. The first kappa shape index (κ1) is 17.1. The Bertz CT molecular complexity index is 990. The second-order valence-corrected chi connectivity index (χ2v) is 5.86. The van der Waals surface area contributed by atoms with Crippen LogP contribution in [0.4, 0.5) is 17.2 Å². The number of aryl methyl sites for hydroxylation is 2. The number of para-hydroxylation sites is 1. The molecule has 0 bridgehead atoms. The Labute approximate surface area is 151 Å². The summed E-state index contributed by atoms with van der Waals surface area (Å²) in [6.07, 6.45) is 0. The fourth-order valence-corrected chi connectivity index (χ4v) is 2.49. The van der Waals surface area contributed by atoms with Gasteiger partial charge in [0.05, 0.1) is 11.3 Å². The SMILES string of the molecule is Cc1ccc(NC(=O)c2ccc(Nc3ccccc3C#N)nn2)c(C)c1. The van der Waals surface area contributed by atoms with Crippen molar-refractivity contribution in [1.29, 1.82) is 5.26 Å². The van der Waals surface area contributed by atoms with E-state index in [9.17, 15) is 4.79 Å². The van der Waals surface area contributed by atoms with Crippen molar-refractivity contribution >= 4 is 23.1 Å². The summed E-state index contributed by atoms with van der Waals surface area (Å²) in [6.45, 7) is 3.94. The van der Waals surface area contributed by atoms with Gasteiger partial charge < -0.3 is 10.6 Å². The second-order valence-electron chi connectivity index (χ2n) is 5.86. The number of nitrogens with zero attached hydrogens (tertiary/aromatic N) is 3. The number of carbonyl (C=O) groups is 1. The number of nitrogens with one attached hydrogen (secondary N) is 2. The minimum Gasteiger partial charge on any atom is -0.338 e. The number of rotatable bonds is 4.